The molecule has 0 aliphatic heterocycles. The lowest BCUT2D eigenvalue weighted by Gasteiger charge is -2.17. The molecule has 1 aromatic carbocycles. The van der Waals surface area contributed by atoms with Crippen LogP contribution in [0.5, 0.6) is 0 Å². The van der Waals surface area contributed by atoms with Crippen molar-refractivity contribution in [1.82, 2.24) is 5.32 Å². The van der Waals surface area contributed by atoms with Gasteiger partial charge in [0.1, 0.15) is 0 Å². The number of carbonyl (C=O) groups is 1. The largest absolute Gasteiger partial charge is 0.353 e. The van der Waals surface area contributed by atoms with E-state index in [-0.39, 0.29) is 11.9 Å². The molecular formula is C14H20ClNOS. The predicted octanol–water partition coefficient (Wildman–Crippen LogP) is 3.73. The maximum absolute atomic E-state index is 11.7. The first kappa shape index (κ1) is 15.4. The van der Waals surface area contributed by atoms with Crippen LogP contribution in [0.15, 0.2) is 24.3 Å². The molecule has 0 aromatic heterocycles. The molecule has 100 valence electrons. The van der Waals surface area contributed by atoms with Gasteiger partial charge in [-0.15, -0.1) is 11.8 Å². The summed E-state index contributed by atoms with van der Waals surface area (Å²) >= 11 is 7.51. The summed E-state index contributed by atoms with van der Waals surface area (Å²) in [6, 6.07) is 7.96. The molecule has 1 N–H and O–H groups in total. The van der Waals surface area contributed by atoms with Gasteiger partial charge in [-0.05, 0) is 30.5 Å². The van der Waals surface area contributed by atoms with E-state index >= 15 is 0 Å². The van der Waals surface area contributed by atoms with Gasteiger partial charge in [0.25, 0.3) is 0 Å². The Hall–Kier alpha value is -0.670. The lowest BCUT2D eigenvalue weighted by molar-refractivity contribution is -0.119. The molecule has 18 heavy (non-hydrogen) atoms. The Kier molecular flexibility index (Phi) is 6.58. The second-order valence-electron chi connectivity index (χ2n) is 4.72. The van der Waals surface area contributed by atoms with Crippen molar-refractivity contribution in [2.24, 2.45) is 5.92 Å². The zero-order valence-electron chi connectivity index (χ0n) is 11.1. The predicted molar refractivity (Wildman–Crippen MR) is 80.1 cm³/mol. The van der Waals surface area contributed by atoms with E-state index in [0.29, 0.717) is 11.7 Å². The maximum atomic E-state index is 11.7. The van der Waals surface area contributed by atoms with Crippen molar-refractivity contribution in [1.29, 1.82) is 0 Å². The summed E-state index contributed by atoms with van der Waals surface area (Å²) in [5.41, 5.74) is 1.15. The van der Waals surface area contributed by atoms with Gasteiger partial charge < -0.3 is 5.32 Å². The molecule has 0 fully saturated rings. The Morgan fingerprint density at radius 2 is 2.11 bits per heavy atom. The standard InChI is InChI=1S/C14H20ClNOS/c1-10(2)11(3)16-14(17)9-18-8-12-5-4-6-13(15)7-12/h4-7,10-11H,8-9H2,1-3H3,(H,16,17). The summed E-state index contributed by atoms with van der Waals surface area (Å²) in [5, 5.41) is 3.73. The molecule has 1 amide bonds. The summed E-state index contributed by atoms with van der Waals surface area (Å²) in [5.74, 6) is 1.86. The number of carbonyl (C=O) groups excluding carboxylic acids is 1. The van der Waals surface area contributed by atoms with Crippen LogP contribution in [-0.4, -0.2) is 17.7 Å². The van der Waals surface area contributed by atoms with E-state index in [4.69, 9.17) is 11.6 Å². The number of thioether (sulfide) groups is 1. The highest BCUT2D eigenvalue weighted by Crippen LogP contribution is 2.16. The van der Waals surface area contributed by atoms with Crippen LogP contribution in [-0.2, 0) is 10.5 Å². The van der Waals surface area contributed by atoms with E-state index in [1.807, 2.05) is 31.2 Å². The van der Waals surface area contributed by atoms with Crippen LogP contribution >= 0.6 is 23.4 Å². The number of nitrogens with one attached hydrogen (secondary N) is 1. The van der Waals surface area contributed by atoms with E-state index in [0.717, 1.165) is 16.3 Å². The molecule has 0 aliphatic carbocycles. The third-order valence-electron chi connectivity index (χ3n) is 2.78. The first-order valence-corrected chi connectivity index (χ1v) is 7.64. The van der Waals surface area contributed by atoms with Crippen LogP contribution in [0.4, 0.5) is 0 Å². The lowest BCUT2D eigenvalue weighted by Crippen LogP contribution is -2.37. The summed E-state index contributed by atoms with van der Waals surface area (Å²) in [4.78, 5) is 11.7. The number of hydrogen-bond acceptors (Lipinski definition) is 2. The van der Waals surface area contributed by atoms with Crippen LogP contribution in [0, 0.1) is 5.92 Å². The van der Waals surface area contributed by atoms with Crippen LogP contribution in [0.2, 0.25) is 5.02 Å². The molecule has 0 aliphatic rings. The molecule has 0 spiro atoms. The van der Waals surface area contributed by atoms with Gasteiger partial charge in [-0.1, -0.05) is 37.6 Å². The van der Waals surface area contributed by atoms with Gasteiger partial charge >= 0.3 is 0 Å². The van der Waals surface area contributed by atoms with E-state index < -0.39 is 0 Å². The Bertz CT molecular complexity index is 395. The van der Waals surface area contributed by atoms with Gasteiger partial charge in [-0.25, -0.2) is 0 Å². The number of benzene rings is 1. The molecule has 0 radical (unpaired) electrons. The van der Waals surface area contributed by atoms with Crippen LogP contribution in [0.25, 0.3) is 0 Å². The Morgan fingerprint density at radius 3 is 2.72 bits per heavy atom. The van der Waals surface area contributed by atoms with Crippen molar-refractivity contribution in [2.75, 3.05) is 5.75 Å². The van der Waals surface area contributed by atoms with Crippen LogP contribution in [0.1, 0.15) is 26.3 Å². The molecule has 0 saturated carbocycles. The van der Waals surface area contributed by atoms with Crippen molar-refractivity contribution in [3.05, 3.63) is 34.9 Å². The lowest BCUT2D eigenvalue weighted by atomic mass is 10.1. The molecule has 2 nitrogen and oxygen atoms in total. The quantitative estimate of drug-likeness (QED) is 0.863. The average Bonchev–Trinajstić information content (AvgIpc) is 2.28. The van der Waals surface area contributed by atoms with Gasteiger partial charge in [0, 0.05) is 16.8 Å². The van der Waals surface area contributed by atoms with Crippen molar-refractivity contribution < 1.29 is 4.79 Å². The van der Waals surface area contributed by atoms with Gasteiger partial charge in [-0.3, -0.25) is 4.79 Å². The van der Waals surface area contributed by atoms with Gasteiger partial charge in [0.15, 0.2) is 0 Å². The first-order valence-electron chi connectivity index (χ1n) is 6.10. The second kappa shape index (κ2) is 7.70. The minimum atomic E-state index is 0.100. The minimum Gasteiger partial charge on any atom is -0.353 e. The van der Waals surface area contributed by atoms with E-state index in [1.54, 1.807) is 11.8 Å². The van der Waals surface area contributed by atoms with Crippen molar-refractivity contribution in [2.45, 2.75) is 32.6 Å². The molecule has 0 saturated heterocycles. The highest BCUT2D eigenvalue weighted by Gasteiger charge is 2.10. The summed E-state index contributed by atoms with van der Waals surface area (Å²) in [6.45, 7) is 6.23. The summed E-state index contributed by atoms with van der Waals surface area (Å²) in [6.07, 6.45) is 0. The zero-order chi connectivity index (χ0) is 13.5. The van der Waals surface area contributed by atoms with E-state index in [1.165, 1.54) is 0 Å². The fraction of sp³-hybridized carbons (Fsp3) is 0.500. The Labute approximate surface area is 118 Å². The smallest absolute Gasteiger partial charge is 0.230 e. The molecule has 1 atom stereocenters. The average molecular weight is 286 g/mol. The van der Waals surface area contributed by atoms with Crippen LogP contribution in [0.3, 0.4) is 0 Å². The third-order valence-corrected chi connectivity index (χ3v) is 4.02. The fourth-order valence-corrected chi connectivity index (χ4v) is 2.35. The van der Waals surface area contributed by atoms with Crippen molar-refractivity contribution in [3.63, 3.8) is 0 Å². The van der Waals surface area contributed by atoms with Crippen LogP contribution < -0.4 is 5.32 Å². The number of halogens is 1. The second-order valence-corrected chi connectivity index (χ2v) is 6.14. The van der Waals surface area contributed by atoms with Crippen molar-refractivity contribution >= 4 is 29.3 Å². The summed E-state index contributed by atoms with van der Waals surface area (Å²) < 4.78 is 0. The molecule has 1 rings (SSSR count). The SMILES string of the molecule is CC(C)C(C)NC(=O)CSCc1cccc(Cl)c1. The molecule has 0 bridgehead atoms. The zero-order valence-corrected chi connectivity index (χ0v) is 12.6. The summed E-state index contributed by atoms with van der Waals surface area (Å²) in [7, 11) is 0. The number of hydrogen-bond donors (Lipinski definition) is 1. The highest BCUT2D eigenvalue weighted by atomic mass is 35.5. The number of rotatable bonds is 6. The van der Waals surface area contributed by atoms with Crippen molar-refractivity contribution in [3.8, 4) is 0 Å². The fourth-order valence-electron chi connectivity index (χ4n) is 1.35. The monoisotopic (exact) mass is 285 g/mol. The highest BCUT2D eigenvalue weighted by molar-refractivity contribution is 7.99. The Morgan fingerprint density at radius 1 is 1.39 bits per heavy atom. The Balaban J connectivity index is 2.27. The molecule has 1 aromatic rings. The maximum Gasteiger partial charge on any atom is 0.230 e. The van der Waals surface area contributed by atoms with E-state index in [9.17, 15) is 4.79 Å². The molecule has 0 heterocycles. The first-order chi connectivity index (χ1) is 8.49. The topological polar surface area (TPSA) is 29.1 Å². The molecular weight excluding hydrogens is 266 g/mol. The van der Waals surface area contributed by atoms with Gasteiger partial charge in [0.2, 0.25) is 5.91 Å². The normalized spacial score (nSPS) is 12.5. The minimum absolute atomic E-state index is 0.100. The van der Waals surface area contributed by atoms with Gasteiger partial charge in [0.05, 0.1) is 5.75 Å². The number of amides is 1. The van der Waals surface area contributed by atoms with Gasteiger partial charge in [-0.2, -0.15) is 0 Å². The molecule has 1 unspecified atom stereocenters. The molecule has 4 heteroatoms. The third kappa shape index (κ3) is 5.78. The van der Waals surface area contributed by atoms with E-state index in [2.05, 4.69) is 19.2 Å².